The van der Waals surface area contributed by atoms with Crippen molar-refractivity contribution >= 4 is 44.3 Å². The highest BCUT2D eigenvalue weighted by Crippen LogP contribution is 2.35. The zero-order chi connectivity index (χ0) is 22.4. The zero-order valence-electron chi connectivity index (χ0n) is 18.1. The first kappa shape index (κ1) is 20.5. The van der Waals surface area contributed by atoms with Gasteiger partial charge in [0, 0.05) is 4.88 Å². The summed E-state index contributed by atoms with van der Waals surface area (Å²) in [7, 11) is 1.64. The summed E-state index contributed by atoms with van der Waals surface area (Å²) in [6.45, 7) is 0. The summed E-state index contributed by atoms with van der Waals surface area (Å²) in [4.78, 5) is 29.1. The summed E-state index contributed by atoms with van der Waals surface area (Å²) in [5.41, 5.74) is 3.95. The minimum Gasteiger partial charge on any atom is -0.497 e. The number of aryl methyl sites for hydroxylation is 2. The van der Waals surface area contributed by atoms with Crippen LogP contribution in [0.1, 0.15) is 29.1 Å². The molecule has 0 fully saturated rings. The van der Waals surface area contributed by atoms with Crippen LogP contribution in [0.2, 0.25) is 0 Å². The molecule has 8 heteroatoms. The number of nitrogens with one attached hydrogen (secondary N) is 1. The second kappa shape index (κ2) is 8.35. The van der Waals surface area contributed by atoms with Crippen molar-refractivity contribution in [3.63, 3.8) is 0 Å². The predicted molar refractivity (Wildman–Crippen MR) is 134 cm³/mol. The van der Waals surface area contributed by atoms with E-state index >= 15 is 0 Å². The second-order valence-electron chi connectivity index (χ2n) is 8.11. The maximum absolute atomic E-state index is 13.9. The maximum Gasteiger partial charge on any atom is 0.267 e. The van der Waals surface area contributed by atoms with Gasteiger partial charge in [-0.2, -0.15) is 0 Å². The van der Waals surface area contributed by atoms with E-state index in [1.807, 2.05) is 48.5 Å². The van der Waals surface area contributed by atoms with E-state index < -0.39 is 0 Å². The van der Waals surface area contributed by atoms with Gasteiger partial charge < -0.3 is 9.72 Å². The van der Waals surface area contributed by atoms with Crippen molar-refractivity contribution in [1.82, 2.24) is 19.5 Å². The lowest BCUT2D eigenvalue weighted by atomic mass is 9.97. The van der Waals surface area contributed by atoms with Gasteiger partial charge in [0.1, 0.15) is 16.4 Å². The average molecular weight is 475 g/mol. The zero-order valence-corrected chi connectivity index (χ0v) is 19.8. The van der Waals surface area contributed by atoms with Crippen LogP contribution in [0.5, 0.6) is 5.75 Å². The van der Waals surface area contributed by atoms with E-state index in [4.69, 9.17) is 9.72 Å². The van der Waals surface area contributed by atoms with Crippen molar-refractivity contribution in [1.29, 1.82) is 0 Å². The van der Waals surface area contributed by atoms with Crippen LogP contribution >= 0.6 is 23.1 Å². The summed E-state index contributed by atoms with van der Waals surface area (Å²) in [5, 5.41) is 1.47. The Morgan fingerprint density at radius 1 is 1.09 bits per heavy atom. The Hall–Kier alpha value is -3.10. The van der Waals surface area contributed by atoms with E-state index in [2.05, 4.69) is 9.97 Å². The summed E-state index contributed by atoms with van der Waals surface area (Å²) in [6.07, 6.45) is 4.31. The Kier molecular flexibility index (Phi) is 5.19. The van der Waals surface area contributed by atoms with Crippen LogP contribution in [0, 0.1) is 0 Å². The van der Waals surface area contributed by atoms with E-state index in [9.17, 15) is 4.79 Å². The molecule has 6 rings (SSSR count). The fraction of sp³-hybridized carbons (Fsp3) is 0.240. The number of methoxy groups -OCH3 is 1. The minimum absolute atomic E-state index is 0.0108. The highest BCUT2D eigenvalue weighted by Gasteiger charge is 2.23. The third-order valence-electron chi connectivity index (χ3n) is 6.07. The average Bonchev–Trinajstić information content (AvgIpc) is 3.44. The third-order valence-corrected chi connectivity index (χ3v) is 8.20. The molecule has 1 aliphatic rings. The molecule has 0 spiro atoms. The number of aromatic nitrogens is 4. The van der Waals surface area contributed by atoms with Gasteiger partial charge in [-0.05, 0) is 67.6 Å². The topological polar surface area (TPSA) is 72.8 Å². The second-order valence-corrected chi connectivity index (χ2v) is 10.1. The summed E-state index contributed by atoms with van der Waals surface area (Å²) >= 11 is 3.21. The standard InChI is InChI=1S/C25H22N4O2S2/c1-31-16-12-10-15(11-13-16)29-24(30)22-17-6-2-5-9-20(17)33-23(22)28-25(29)32-14-21-26-18-7-3-4-8-19(18)27-21/h3-4,7-8,10-13H,2,5-6,9,14H2,1H3,(H,26,27). The number of nitrogens with zero attached hydrogens (tertiary/aromatic N) is 3. The molecular weight excluding hydrogens is 452 g/mol. The molecular formula is C25H22N4O2S2. The Morgan fingerprint density at radius 2 is 1.91 bits per heavy atom. The van der Waals surface area contributed by atoms with Crippen LogP contribution in [-0.4, -0.2) is 26.6 Å². The number of thioether (sulfide) groups is 1. The first-order valence-corrected chi connectivity index (χ1v) is 12.8. The van der Waals surface area contributed by atoms with E-state index in [0.29, 0.717) is 10.9 Å². The monoisotopic (exact) mass is 474 g/mol. The number of hydrogen-bond acceptors (Lipinski definition) is 6. The molecule has 33 heavy (non-hydrogen) atoms. The molecule has 0 unspecified atom stereocenters. The van der Waals surface area contributed by atoms with Gasteiger partial charge >= 0.3 is 0 Å². The van der Waals surface area contributed by atoms with Gasteiger partial charge in [-0.1, -0.05) is 23.9 Å². The number of para-hydroxylation sites is 2. The van der Waals surface area contributed by atoms with Crippen LogP contribution < -0.4 is 10.3 Å². The highest BCUT2D eigenvalue weighted by molar-refractivity contribution is 7.98. The largest absolute Gasteiger partial charge is 0.497 e. The first-order valence-electron chi connectivity index (χ1n) is 11.0. The minimum atomic E-state index is 0.0108. The van der Waals surface area contributed by atoms with Gasteiger partial charge in [0.05, 0.1) is 35.0 Å². The smallest absolute Gasteiger partial charge is 0.267 e. The van der Waals surface area contributed by atoms with Gasteiger partial charge in [-0.25, -0.2) is 9.97 Å². The number of hydrogen-bond donors (Lipinski definition) is 1. The fourth-order valence-electron chi connectivity index (χ4n) is 4.45. The SMILES string of the molecule is COc1ccc(-n2c(SCc3nc4ccccc4[nH]3)nc3sc4c(c3c2=O)CCCC4)cc1. The summed E-state index contributed by atoms with van der Waals surface area (Å²) < 4.78 is 7.06. The van der Waals surface area contributed by atoms with Crippen LogP contribution in [0.25, 0.3) is 26.9 Å². The molecule has 6 nitrogen and oxygen atoms in total. The number of benzene rings is 2. The molecule has 0 aliphatic heterocycles. The fourth-order valence-corrected chi connectivity index (χ4v) is 6.63. The summed E-state index contributed by atoms with van der Waals surface area (Å²) in [6, 6.07) is 15.6. The molecule has 2 aromatic carbocycles. The van der Waals surface area contributed by atoms with Crippen LogP contribution in [0.15, 0.2) is 58.5 Å². The molecule has 5 aromatic rings. The van der Waals surface area contributed by atoms with Crippen LogP contribution in [0.3, 0.4) is 0 Å². The molecule has 166 valence electrons. The molecule has 3 aromatic heterocycles. The van der Waals surface area contributed by atoms with Crippen molar-refractivity contribution in [2.45, 2.75) is 36.6 Å². The molecule has 0 radical (unpaired) electrons. The lowest BCUT2D eigenvalue weighted by molar-refractivity contribution is 0.414. The Balaban J connectivity index is 1.47. The number of ether oxygens (including phenoxy) is 1. The first-order chi connectivity index (χ1) is 16.2. The third kappa shape index (κ3) is 3.63. The predicted octanol–water partition coefficient (Wildman–Crippen LogP) is 5.50. The number of thiophene rings is 1. The number of imidazole rings is 1. The van der Waals surface area contributed by atoms with Crippen molar-refractivity contribution < 1.29 is 4.74 Å². The van der Waals surface area contributed by atoms with Gasteiger partial charge in [0.25, 0.3) is 5.56 Å². The van der Waals surface area contributed by atoms with Crippen molar-refractivity contribution in [3.05, 3.63) is 75.1 Å². The summed E-state index contributed by atoms with van der Waals surface area (Å²) in [5.74, 6) is 2.21. The molecule has 1 N–H and O–H groups in total. The molecule has 0 saturated carbocycles. The number of fused-ring (bicyclic) bond motifs is 4. The lowest BCUT2D eigenvalue weighted by Crippen LogP contribution is -2.22. The Morgan fingerprint density at radius 3 is 2.73 bits per heavy atom. The maximum atomic E-state index is 13.9. The van der Waals surface area contributed by atoms with Gasteiger partial charge in [0.2, 0.25) is 0 Å². The normalized spacial score (nSPS) is 13.5. The van der Waals surface area contributed by atoms with E-state index in [1.165, 1.54) is 28.6 Å². The molecule has 0 atom stereocenters. The molecule has 0 amide bonds. The van der Waals surface area contributed by atoms with E-state index in [-0.39, 0.29) is 5.56 Å². The Bertz CT molecular complexity index is 1500. The van der Waals surface area contributed by atoms with E-state index in [1.54, 1.807) is 23.0 Å². The molecule has 1 aliphatic carbocycles. The lowest BCUT2D eigenvalue weighted by Gasteiger charge is -2.13. The quantitative estimate of drug-likeness (QED) is 0.269. The van der Waals surface area contributed by atoms with Crippen molar-refractivity contribution in [2.24, 2.45) is 0 Å². The van der Waals surface area contributed by atoms with Gasteiger partial charge in [0.15, 0.2) is 5.16 Å². The van der Waals surface area contributed by atoms with Crippen molar-refractivity contribution in [2.75, 3.05) is 7.11 Å². The molecule has 3 heterocycles. The van der Waals surface area contributed by atoms with Gasteiger partial charge in [-0.3, -0.25) is 9.36 Å². The highest BCUT2D eigenvalue weighted by atomic mass is 32.2. The van der Waals surface area contributed by atoms with Crippen molar-refractivity contribution in [3.8, 4) is 11.4 Å². The number of rotatable bonds is 5. The van der Waals surface area contributed by atoms with Crippen LogP contribution in [-0.2, 0) is 18.6 Å². The number of aromatic amines is 1. The molecule has 0 saturated heterocycles. The van der Waals surface area contributed by atoms with Gasteiger partial charge in [-0.15, -0.1) is 11.3 Å². The van der Waals surface area contributed by atoms with E-state index in [0.717, 1.165) is 57.8 Å². The number of H-pyrrole nitrogens is 1. The Labute approximate surface area is 198 Å². The van der Waals surface area contributed by atoms with Crippen LogP contribution in [0.4, 0.5) is 0 Å². The molecule has 0 bridgehead atoms.